The molecule has 0 atom stereocenters. The fraction of sp³-hybridized carbons (Fsp3) is 0.300. The monoisotopic (exact) mass is 386 g/mol. The molecular formula is C20H22N2O4S. The number of carbonyl (C=O) groups is 1. The predicted molar refractivity (Wildman–Crippen MR) is 108 cm³/mol. The van der Waals surface area contributed by atoms with E-state index in [9.17, 15) is 4.79 Å². The van der Waals surface area contributed by atoms with Crippen LogP contribution in [0.15, 0.2) is 42.5 Å². The molecule has 1 aliphatic rings. The molecule has 6 nitrogen and oxygen atoms in total. The van der Waals surface area contributed by atoms with Gasteiger partial charge in [-0.15, -0.1) is 0 Å². The smallest absolute Gasteiger partial charge is 0.226 e. The summed E-state index contributed by atoms with van der Waals surface area (Å²) in [5, 5.41) is 5.89. The molecular weight excluding hydrogens is 364 g/mol. The minimum atomic E-state index is -0.155. The average Bonchev–Trinajstić information content (AvgIpc) is 2.66. The van der Waals surface area contributed by atoms with Crippen molar-refractivity contribution in [2.45, 2.75) is 19.8 Å². The van der Waals surface area contributed by atoms with Crippen molar-refractivity contribution in [2.75, 3.05) is 25.1 Å². The van der Waals surface area contributed by atoms with Crippen LogP contribution in [-0.4, -0.2) is 30.8 Å². The maximum atomic E-state index is 12.0. The molecule has 0 spiro atoms. The van der Waals surface area contributed by atoms with Gasteiger partial charge in [0.25, 0.3) is 0 Å². The minimum Gasteiger partial charge on any atom is -0.494 e. The zero-order chi connectivity index (χ0) is 19.1. The Balaban J connectivity index is 1.37. The lowest BCUT2D eigenvalue weighted by molar-refractivity contribution is -0.119. The molecule has 2 aromatic carbocycles. The maximum Gasteiger partial charge on any atom is 0.226 e. The molecule has 0 unspecified atom stereocenters. The molecule has 1 heterocycles. The van der Waals surface area contributed by atoms with Crippen LogP contribution in [0.4, 0.5) is 5.69 Å². The first-order valence-corrected chi connectivity index (χ1v) is 9.21. The highest BCUT2D eigenvalue weighted by atomic mass is 32.1. The summed E-state index contributed by atoms with van der Waals surface area (Å²) in [6, 6.07) is 13.2. The second kappa shape index (κ2) is 9.23. The first-order chi connectivity index (χ1) is 13.1. The molecule has 0 radical (unpaired) electrons. The molecule has 27 heavy (non-hydrogen) atoms. The SMILES string of the molecule is Cc1ccc(OCCCC(=O)NC(=S)Nc2ccc3c(c2)OCCO3)cc1. The van der Waals surface area contributed by atoms with E-state index in [0.717, 1.165) is 11.4 Å². The van der Waals surface area contributed by atoms with Crippen LogP contribution in [0, 0.1) is 6.92 Å². The zero-order valence-electron chi connectivity index (χ0n) is 15.1. The summed E-state index contributed by atoms with van der Waals surface area (Å²) in [6.45, 7) is 3.55. The van der Waals surface area contributed by atoms with Gasteiger partial charge in [-0.25, -0.2) is 0 Å². The third-order valence-electron chi connectivity index (χ3n) is 3.89. The maximum absolute atomic E-state index is 12.0. The Kier molecular flexibility index (Phi) is 6.49. The summed E-state index contributed by atoms with van der Waals surface area (Å²) in [4.78, 5) is 12.0. The van der Waals surface area contributed by atoms with Gasteiger partial charge < -0.3 is 24.8 Å². The average molecular weight is 386 g/mol. The summed E-state index contributed by atoms with van der Waals surface area (Å²) in [7, 11) is 0. The Bertz CT molecular complexity index is 808. The van der Waals surface area contributed by atoms with Crippen molar-refractivity contribution in [1.82, 2.24) is 5.32 Å². The molecule has 7 heteroatoms. The van der Waals surface area contributed by atoms with Gasteiger partial charge in [-0.1, -0.05) is 17.7 Å². The molecule has 0 bridgehead atoms. The number of hydrogen-bond donors (Lipinski definition) is 2. The van der Waals surface area contributed by atoms with E-state index >= 15 is 0 Å². The fourth-order valence-corrected chi connectivity index (χ4v) is 2.76. The van der Waals surface area contributed by atoms with E-state index in [4.69, 9.17) is 26.4 Å². The largest absolute Gasteiger partial charge is 0.494 e. The highest BCUT2D eigenvalue weighted by Gasteiger charge is 2.12. The summed E-state index contributed by atoms with van der Waals surface area (Å²) in [5.41, 5.74) is 1.91. The van der Waals surface area contributed by atoms with Gasteiger partial charge in [0.15, 0.2) is 16.6 Å². The van der Waals surface area contributed by atoms with Crippen molar-refractivity contribution in [1.29, 1.82) is 0 Å². The summed E-state index contributed by atoms with van der Waals surface area (Å²) in [6.07, 6.45) is 0.932. The van der Waals surface area contributed by atoms with Crippen molar-refractivity contribution in [3.05, 3.63) is 48.0 Å². The van der Waals surface area contributed by atoms with Crippen molar-refractivity contribution in [3.63, 3.8) is 0 Å². The van der Waals surface area contributed by atoms with Crippen molar-refractivity contribution in [2.24, 2.45) is 0 Å². The summed E-state index contributed by atoms with van der Waals surface area (Å²) in [5.74, 6) is 2.01. The predicted octanol–water partition coefficient (Wildman–Crippen LogP) is 3.44. The Morgan fingerprint density at radius 3 is 2.63 bits per heavy atom. The topological polar surface area (TPSA) is 68.8 Å². The molecule has 1 amide bonds. The van der Waals surface area contributed by atoms with E-state index < -0.39 is 0 Å². The molecule has 0 fully saturated rings. The lowest BCUT2D eigenvalue weighted by atomic mass is 10.2. The lowest BCUT2D eigenvalue weighted by Crippen LogP contribution is -2.34. The molecule has 0 saturated heterocycles. The lowest BCUT2D eigenvalue weighted by Gasteiger charge is -2.19. The standard InChI is InChI=1S/C20H22N2O4S/c1-14-4-7-16(8-5-14)24-10-2-3-19(23)22-20(27)21-15-6-9-17-18(13-15)26-12-11-25-17/h4-9,13H,2-3,10-12H2,1H3,(H2,21,22,23,27). The van der Waals surface area contributed by atoms with Gasteiger partial charge >= 0.3 is 0 Å². The van der Waals surface area contributed by atoms with Gasteiger partial charge in [0.1, 0.15) is 19.0 Å². The number of thiocarbonyl (C=S) groups is 1. The quantitative estimate of drug-likeness (QED) is 0.586. The van der Waals surface area contributed by atoms with Crippen LogP contribution in [0.2, 0.25) is 0 Å². The van der Waals surface area contributed by atoms with Crippen molar-refractivity contribution < 1.29 is 19.0 Å². The van der Waals surface area contributed by atoms with Crippen LogP contribution in [0.3, 0.4) is 0 Å². The second-order valence-corrected chi connectivity index (χ2v) is 6.53. The highest BCUT2D eigenvalue weighted by molar-refractivity contribution is 7.80. The first kappa shape index (κ1) is 19.0. The van der Waals surface area contributed by atoms with E-state index in [1.54, 1.807) is 6.07 Å². The van der Waals surface area contributed by atoms with Crippen molar-refractivity contribution >= 4 is 28.9 Å². The molecule has 2 N–H and O–H groups in total. The van der Waals surface area contributed by atoms with Crippen LogP contribution in [-0.2, 0) is 4.79 Å². The molecule has 0 saturated carbocycles. The number of hydrogen-bond acceptors (Lipinski definition) is 5. The second-order valence-electron chi connectivity index (χ2n) is 6.13. The van der Waals surface area contributed by atoms with Crippen LogP contribution in [0.25, 0.3) is 0 Å². The van der Waals surface area contributed by atoms with Crippen LogP contribution < -0.4 is 24.8 Å². The molecule has 0 aliphatic carbocycles. The zero-order valence-corrected chi connectivity index (χ0v) is 15.9. The number of amides is 1. The third-order valence-corrected chi connectivity index (χ3v) is 4.10. The van der Waals surface area contributed by atoms with Gasteiger partial charge in [-0.05, 0) is 49.8 Å². The molecule has 142 valence electrons. The number of benzene rings is 2. The van der Waals surface area contributed by atoms with E-state index in [1.165, 1.54) is 5.56 Å². The van der Waals surface area contributed by atoms with E-state index in [1.807, 2.05) is 43.3 Å². The van der Waals surface area contributed by atoms with E-state index in [0.29, 0.717) is 44.2 Å². The Morgan fingerprint density at radius 1 is 1.11 bits per heavy atom. The number of ether oxygens (including phenoxy) is 3. The Labute approximate surface area is 163 Å². The van der Waals surface area contributed by atoms with Gasteiger partial charge in [0.05, 0.1) is 6.61 Å². The Morgan fingerprint density at radius 2 is 1.85 bits per heavy atom. The normalized spacial score (nSPS) is 12.2. The first-order valence-electron chi connectivity index (χ1n) is 8.80. The van der Waals surface area contributed by atoms with Crippen LogP contribution in [0.5, 0.6) is 17.2 Å². The number of carbonyl (C=O) groups excluding carboxylic acids is 1. The van der Waals surface area contributed by atoms with Crippen LogP contribution in [0.1, 0.15) is 18.4 Å². The Hall–Kier alpha value is -2.80. The molecule has 1 aliphatic heterocycles. The van der Waals surface area contributed by atoms with Gasteiger partial charge in [-0.3, -0.25) is 4.79 Å². The number of rotatable bonds is 6. The van der Waals surface area contributed by atoms with Crippen molar-refractivity contribution in [3.8, 4) is 17.2 Å². The van der Waals surface area contributed by atoms with Gasteiger partial charge in [-0.2, -0.15) is 0 Å². The number of fused-ring (bicyclic) bond motifs is 1. The summed E-state index contributed by atoms with van der Waals surface area (Å²) >= 11 is 5.19. The van der Waals surface area contributed by atoms with Gasteiger partial charge in [0.2, 0.25) is 5.91 Å². The third kappa shape index (κ3) is 5.86. The minimum absolute atomic E-state index is 0.155. The van der Waals surface area contributed by atoms with Gasteiger partial charge in [0, 0.05) is 18.2 Å². The molecule has 3 rings (SSSR count). The summed E-state index contributed by atoms with van der Waals surface area (Å²) < 4.78 is 16.6. The fourth-order valence-electron chi connectivity index (χ4n) is 2.53. The number of nitrogens with one attached hydrogen (secondary N) is 2. The van der Waals surface area contributed by atoms with E-state index in [-0.39, 0.29) is 11.0 Å². The molecule has 2 aromatic rings. The number of aryl methyl sites for hydroxylation is 1. The number of anilines is 1. The van der Waals surface area contributed by atoms with Crippen LogP contribution >= 0.6 is 12.2 Å². The molecule has 0 aromatic heterocycles. The van der Waals surface area contributed by atoms with E-state index in [2.05, 4.69) is 10.6 Å². The highest BCUT2D eigenvalue weighted by Crippen LogP contribution is 2.32.